The van der Waals surface area contributed by atoms with Crippen molar-refractivity contribution in [3.8, 4) is 5.75 Å². The van der Waals surface area contributed by atoms with Crippen LogP contribution in [-0.2, 0) is 11.0 Å². The van der Waals surface area contributed by atoms with Gasteiger partial charge in [-0.1, -0.05) is 0 Å². The first kappa shape index (κ1) is 26.0. The molecule has 3 N–H and O–H groups in total. The summed E-state index contributed by atoms with van der Waals surface area (Å²) in [6.45, 7) is 0.0200. The SMILES string of the molecule is O=C(NCCNC(=O)c1ccc(O[C@H]2CC[C@@H](C(=O)O)CC2)c(F)c1)c1ccc(C(F)(F)F)cc1. The molecule has 2 amide bonds. The van der Waals surface area contributed by atoms with Crippen LogP contribution in [0.25, 0.3) is 0 Å². The van der Waals surface area contributed by atoms with Crippen molar-refractivity contribution in [2.75, 3.05) is 13.1 Å². The minimum absolute atomic E-state index is 0.00822. The fourth-order valence-corrected chi connectivity index (χ4v) is 3.71. The van der Waals surface area contributed by atoms with Gasteiger partial charge in [-0.3, -0.25) is 14.4 Å². The Morgan fingerprint density at radius 2 is 1.43 bits per heavy atom. The summed E-state index contributed by atoms with van der Waals surface area (Å²) in [5.41, 5.74) is -0.785. The lowest BCUT2D eigenvalue weighted by molar-refractivity contribution is -0.143. The molecule has 0 saturated heterocycles. The second-order valence-electron chi connectivity index (χ2n) is 8.16. The molecule has 1 aliphatic carbocycles. The lowest BCUT2D eigenvalue weighted by atomic mass is 9.87. The van der Waals surface area contributed by atoms with E-state index in [1.807, 2.05) is 0 Å². The number of benzene rings is 2. The molecule has 1 aliphatic rings. The molecule has 0 bridgehead atoms. The number of amides is 2. The summed E-state index contributed by atoms with van der Waals surface area (Å²) in [6, 6.07) is 7.47. The van der Waals surface area contributed by atoms with Gasteiger partial charge in [0.1, 0.15) is 0 Å². The average Bonchev–Trinajstić information content (AvgIpc) is 2.82. The van der Waals surface area contributed by atoms with Gasteiger partial charge in [0.05, 0.1) is 17.6 Å². The first-order valence-corrected chi connectivity index (χ1v) is 11.0. The van der Waals surface area contributed by atoms with Crippen molar-refractivity contribution in [3.63, 3.8) is 0 Å². The van der Waals surface area contributed by atoms with E-state index in [4.69, 9.17) is 9.84 Å². The molecule has 7 nitrogen and oxygen atoms in total. The van der Waals surface area contributed by atoms with Gasteiger partial charge in [-0.25, -0.2) is 4.39 Å². The Hall–Kier alpha value is -3.63. The van der Waals surface area contributed by atoms with Crippen molar-refractivity contribution in [2.45, 2.75) is 38.0 Å². The van der Waals surface area contributed by atoms with Gasteiger partial charge in [0, 0.05) is 24.2 Å². The van der Waals surface area contributed by atoms with Crippen LogP contribution in [0, 0.1) is 11.7 Å². The second kappa shape index (κ2) is 11.2. The first-order chi connectivity index (χ1) is 16.5. The number of ether oxygens (including phenoxy) is 1. The Morgan fingerprint density at radius 1 is 0.886 bits per heavy atom. The van der Waals surface area contributed by atoms with Crippen LogP contribution in [0.2, 0.25) is 0 Å². The zero-order chi connectivity index (χ0) is 25.6. The van der Waals surface area contributed by atoms with E-state index in [-0.39, 0.29) is 36.1 Å². The number of hydrogen-bond acceptors (Lipinski definition) is 4. The summed E-state index contributed by atoms with van der Waals surface area (Å²) in [6.07, 6.45) is -2.89. The second-order valence-corrected chi connectivity index (χ2v) is 8.16. The molecule has 11 heteroatoms. The fraction of sp³-hybridized carbons (Fsp3) is 0.375. The van der Waals surface area contributed by atoms with E-state index >= 15 is 0 Å². The normalized spacial score (nSPS) is 17.9. The lowest BCUT2D eigenvalue weighted by Crippen LogP contribution is -2.34. The largest absolute Gasteiger partial charge is 0.487 e. The van der Waals surface area contributed by atoms with Crippen LogP contribution < -0.4 is 15.4 Å². The Balaban J connectivity index is 1.43. The number of alkyl halides is 3. The van der Waals surface area contributed by atoms with Gasteiger partial charge in [-0.2, -0.15) is 13.2 Å². The monoisotopic (exact) mass is 496 g/mol. The molecular weight excluding hydrogens is 472 g/mol. The van der Waals surface area contributed by atoms with Crippen molar-refractivity contribution in [1.82, 2.24) is 10.6 Å². The molecule has 2 aromatic rings. The van der Waals surface area contributed by atoms with Crippen LogP contribution in [-0.4, -0.2) is 42.1 Å². The molecule has 35 heavy (non-hydrogen) atoms. The molecule has 1 fully saturated rings. The average molecular weight is 496 g/mol. The van der Waals surface area contributed by atoms with Gasteiger partial charge in [-0.05, 0) is 68.1 Å². The maximum atomic E-state index is 14.4. The van der Waals surface area contributed by atoms with Crippen LogP contribution >= 0.6 is 0 Å². The predicted octanol–water partition coefficient (Wildman–Crippen LogP) is 4.03. The molecule has 0 radical (unpaired) electrons. The van der Waals surface area contributed by atoms with Crippen LogP contribution in [0.3, 0.4) is 0 Å². The summed E-state index contributed by atoms with van der Waals surface area (Å²) < 4.78 is 57.8. The highest BCUT2D eigenvalue weighted by atomic mass is 19.4. The maximum Gasteiger partial charge on any atom is 0.416 e. The molecular formula is C24H24F4N2O5. The summed E-state index contributed by atoms with van der Waals surface area (Å²) >= 11 is 0. The van der Waals surface area contributed by atoms with Crippen molar-refractivity contribution >= 4 is 17.8 Å². The highest BCUT2D eigenvalue weighted by Gasteiger charge is 2.30. The fourth-order valence-electron chi connectivity index (χ4n) is 3.71. The zero-order valence-electron chi connectivity index (χ0n) is 18.5. The molecule has 0 aliphatic heterocycles. The van der Waals surface area contributed by atoms with E-state index in [0.717, 1.165) is 30.3 Å². The van der Waals surface area contributed by atoms with E-state index in [2.05, 4.69) is 10.6 Å². The van der Waals surface area contributed by atoms with Crippen molar-refractivity contribution in [1.29, 1.82) is 0 Å². The van der Waals surface area contributed by atoms with Crippen LogP contribution in [0.15, 0.2) is 42.5 Å². The van der Waals surface area contributed by atoms with E-state index in [1.165, 1.54) is 12.1 Å². The topological polar surface area (TPSA) is 105 Å². The number of nitrogens with one attached hydrogen (secondary N) is 2. The van der Waals surface area contributed by atoms with Crippen molar-refractivity contribution in [2.24, 2.45) is 5.92 Å². The highest BCUT2D eigenvalue weighted by Crippen LogP contribution is 2.30. The summed E-state index contributed by atoms with van der Waals surface area (Å²) in [5.74, 6) is -3.19. The Kier molecular flexibility index (Phi) is 8.31. The Morgan fingerprint density at radius 3 is 1.94 bits per heavy atom. The van der Waals surface area contributed by atoms with Gasteiger partial charge in [0.2, 0.25) is 0 Å². The molecule has 0 atom stereocenters. The first-order valence-electron chi connectivity index (χ1n) is 11.0. The number of carboxylic acids is 1. The summed E-state index contributed by atoms with van der Waals surface area (Å²) in [7, 11) is 0. The van der Waals surface area contributed by atoms with Gasteiger partial charge in [0.15, 0.2) is 11.6 Å². The molecule has 3 rings (SSSR count). The number of rotatable bonds is 8. The number of hydrogen-bond donors (Lipinski definition) is 3. The van der Waals surface area contributed by atoms with Crippen LogP contribution in [0.1, 0.15) is 52.0 Å². The number of carbonyl (C=O) groups is 3. The van der Waals surface area contributed by atoms with Crippen molar-refractivity contribution < 1.29 is 41.8 Å². The Bertz CT molecular complexity index is 1060. The van der Waals surface area contributed by atoms with E-state index < -0.39 is 41.3 Å². The smallest absolute Gasteiger partial charge is 0.416 e. The van der Waals surface area contributed by atoms with E-state index in [0.29, 0.717) is 25.7 Å². The van der Waals surface area contributed by atoms with Crippen LogP contribution in [0.4, 0.5) is 17.6 Å². The lowest BCUT2D eigenvalue weighted by Gasteiger charge is -2.27. The number of carbonyl (C=O) groups excluding carboxylic acids is 2. The Labute approximate surface area is 198 Å². The number of halogens is 4. The molecule has 0 unspecified atom stereocenters. The van der Waals surface area contributed by atoms with E-state index in [1.54, 1.807) is 0 Å². The number of carboxylic acid groups (broad SMARTS) is 1. The molecule has 0 aromatic heterocycles. The maximum absolute atomic E-state index is 14.4. The van der Waals surface area contributed by atoms with E-state index in [9.17, 15) is 31.9 Å². The quantitative estimate of drug-likeness (QED) is 0.378. The molecule has 2 aromatic carbocycles. The zero-order valence-corrected chi connectivity index (χ0v) is 18.5. The highest BCUT2D eigenvalue weighted by molar-refractivity contribution is 5.95. The summed E-state index contributed by atoms with van der Waals surface area (Å²) in [5, 5.41) is 14.0. The van der Waals surface area contributed by atoms with Gasteiger partial charge < -0.3 is 20.5 Å². The third-order valence-corrected chi connectivity index (χ3v) is 5.68. The molecule has 188 valence electrons. The minimum atomic E-state index is -4.50. The van der Waals surface area contributed by atoms with Crippen molar-refractivity contribution in [3.05, 3.63) is 65.0 Å². The summed E-state index contributed by atoms with van der Waals surface area (Å²) in [4.78, 5) is 35.3. The van der Waals surface area contributed by atoms with Crippen LogP contribution in [0.5, 0.6) is 5.75 Å². The molecule has 1 saturated carbocycles. The molecule has 0 spiro atoms. The number of aliphatic carboxylic acids is 1. The molecule has 0 heterocycles. The predicted molar refractivity (Wildman–Crippen MR) is 117 cm³/mol. The third kappa shape index (κ3) is 7.17. The third-order valence-electron chi connectivity index (χ3n) is 5.68. The van der Waals surface area contributed by atoms with Gasteiger partial charge >= 0.3 is 12.1 Å². The van der Waals surface area contributed by atoms with Gasteiger partial charge in [0.25, 0.3) is 11.8 Å². The standard InChI is InChI=1S/C24H24F4N2O5/c25-19-13-16(5-10-20(19)35-18-8-3-15(4-9-18)23(33)34)22(32)30-12-11-29-21(31)14-1-6-17(7-2-14)24(26,27)28/h1-2,5-7,10,13,15,18H,3-4,8-9,11-12H2,(H,29,31)(H,30,32)(H,33,34)/t15-,18+. The minimum Gasteiger partial charge on any atom is -0.487 e. The van der Waals surface area contributed by atoms with Gasteiger partial charge in [-0.15, -0.1) is 0 Å².